The van der Waals surface area contributed by atoms with Crippen molar-refractivity contribution in [3.05, 3.63) is 62.5 Å². The molecule has 2 N–H and O–H groups in total. The lowest BCUT2D eigenvalue weighted by molar-refractivity contribution is -0.119. The fraction of sp³-hybridized carbons (Fsp3) is 0.300. The van der Waals surface area contributed by atoms with Gasteiger partial charge in [0.05, 0.1) is 11.8 Å². The standard InChI is InChI=1S/C20H21FN4O2S3/c1-12(2)18(15-7-4-8-29-15)23-16(26)10-28-11-17-24-25-20(30-17)19(27)22-14-6-3-5-13(21)9-14/h3-9,12,18H,10-11H2,1-2H3,(H,22,27)(H,23,26)/t18-/m1/s1. The second-order valence-corrected chi connectivity index (χ2v) is 9.79. The molecule has 0 aliphatic rings. The highest BCUT2D eigenvalue weighted by molar-refractivity contribution is 7.99. The number of benzene rings is 1. The van der Waals surface area contributed by atoms with Gasteiger partial charge in [0.25, 0.3) is 5.91 Å². The third-order valence-electron chi connectivity index (χ3n) is 4.04. The van der Waals surface area contributed by atoms with Gasteiger partial charge >= 0.3 is 0 Å². The number of nitrogens with zero attached hydrogens (tertiary/aromatic N) is 2. The van der Waals surface area contributed by atoms with E-state index in [9.17, 15) is 14.0 Å². The monoisotopic (exact) mass is 464 g/mol. The molecule has 0 bridgehead atoms. The molecule has 30 heavy (non-hydrogen) atoms. The van der Waals surface area contributed by atoms with Crippen LogP contribution < -0.4 is 10.6 Å². The van der Waals surface area contributed by atoms with Crippen LogP contribution in [0.5, 0.6) is 0 Å². The zero-order chi connectivity index (χ0) is 21.5. The highest BCUT2D eigenvalue weighted by Crippen LogP contribution is 2.26. The van der Waals surface area contributed by atoms with Crippen LogP contribution in [0.2, 0.25) is 0 Å². The van der Waals surface area contributed by atoms with Gasteiger partial charge in [0.1, 0.15) is 10.8 Å². The van der Waals surface area contributed by atoms with Gasteiger partial charge in [-0.25, -0.2) is 4.39 Å². The Balaban J connectivity index is 1.47. The van der Waals surface area contributed by atoms with Gasteiger partial charge < -0.3 is 10.6 Å². The van der Waals surface area contributed by atoms with Gasteiger partial charge in [-0.1, -0.05) is 37.3 Å². The van der Waals surface area contributed by atoms with E-state index in [0.717, 1.165) is 16.2 Å². The Hall–Kier alpha value is -2.30. The van der Waals surface area contributed by atoms with Crippen molar-refractivity contribution in [1.29, 1.82) is 0 Å². The molecule has 2 aromatic heterocycles. The van der Waals surface area contributed by atoms with Gasteiger partial charge in [-0.05, 0) is 35.6 Å². The summed E-state index contributed by atoms with van der Waals surface area (Å²) in [5.74, 6) is 0.144. The number of halogens is 1. The number of thiophene rings is 1. The first-order valence-electron chi connectivity index (χ1n) is 9.22. The fourth-order valence-electron chi connectivity index (χ4n) is 2.64. The average Bonchev–Trinajstić information content (AvgIpc) is 3.38. The molecule has 0 saturated heterocycles. The molecule has 0 fully saturated rings. The van der Waals surface area contributed by atoms with E-state index < -0.39 is 11.7 Å². The molecule has 0 aliphatic heterocycles. The maximum atomic E-state index is 13.2. The summed E-state index contributed by atoms with van der Waals surface area (Å²) in [6.07, 6.45) is 0. The zero-order valence-electron chi connectivity index (χ0n) is 16.4. The topological polar surface area (TPSA) is 84.0 Å². The molecule has 158 valence electrons. The first-order valence-corrected chi connectivity index (χ1v) is 12.1. The minimum atomic E-state index is -0.442. The summed E-state index contributed by atoms with van der Waals surface area (Å²) in [4.78, 5) is 25.7. The Morgan fingerprint density at radius 2 is 2.03 bits per heavy atom. The normalized spacial score (nSPS) is 12.0. The van der Waals surface area contributed by atoms with Crippen LogP contribution in [0.15, 0.2) is 41.8 Å². The number of carbonyl (C=O) groups excluding carboxylic acids is 2. The predicted molar refractivity (Wildman–Crippen MR) is 120 cm³/mol. The number of hydrogen-bond acceptors (Lipinski definition) is 7. The van der Waals surface area contributed by atoms with Crippen LogP contribution in [0.25, 0.3) is 0 Å². The Kier molecular flexibility index (Phi) is 7.94. The van der Waals surface area contributed by atoms with E-state index in [1.807, 2.05) is 17.5 Å². The summed E-state index contributed by atoms with van der Waals surface area (Å²) in [6, 6.07) is 9.65. The minimum absolute atomic E-state index is 0.00208. The van der Waals surface area contributed by atoms with Crippen molar-refractivity contribution in [2.24, 2.45) is 5.92 Å². The number of aromatic nitrogens is 2. The van der Waals surface area contributed by atoms with Gasteiger partial charge in [0.2, 0.25) is 10.9 Å². The Morgan fingerprint density at radius 1 is 1.20 bits per heavy atom. The lowest BCUT2D eigenvalue weighted by atomic mass is 10.0. The molecule has 0 unspecified atom stereocenters. The molecular weight excluding hydrogens is 443 g/mol. The third kappa shape index (κ3) is 6.35. The number of amides is 2. The van der Waals surface area contributed by atoms with E-state index in [0.29, 0.717) is 28.1 Å². The molecule has 1 atom stereocenters. The molecule has 0 radical (unpaired) electrons. The molecule has 6 nitrogen and oxygen atoms in total. The van der Waals surface area contributed by atoms with Crippen molar-refractivity contribution in [2.75, 3.05) is 11.1 Å². The highest BCUT2D eigenvalue weighted by Gasteiger charge is 2.19. The second-order valence-electron chi connectivity index (χ2n) is 6.76. The van der Waals surface area contributed by atoms with Crippen molar-refractivity contribution >= 4 is 51.9 Å². The summed E-state index contributed by atoms with van der Waals surface area (Å²) in [5, 5.41) is 16.4. The molecule has 1 aromatic carbocycles. The number of rotatable bonds is 9. The van der Waals surface area contributed by atoms with Crippen LogP contribution in [0, 0.1) is 11.7 Å². The van der Waals surface area contributed by atoms with Gasteiger partial charge in [0.15, 0.2) is 0 Å². The van der Waals surface area contributed by atoms with E-state index in [2.05, 4.69) is 34.7 Å². The van der Waals surface area contributed by atoms with Crippen LogP contribution in [-0.2, 0) is 10.5 Å². The Morgan fingerprint density at radius 3 is 2.73 bits per heavy atom. The lowest BCUT2D eigenvalue weighted by Gasteiger charge is -2.21. The van der Waals surface area contributed by atoms with Crippen LogP contribution in [0.3, 0.4) is 0 Å². The predicted octanol–water partition coefficient (Wildman–Crippen LogP) is 4.74. The molecular formula is C20H21FN4O2S3. The zero-order valence-corrected chi connectivity index (χ0v) is 18.9. The molecule has 2 amide bonds. The summed E-state index contributed by atoms with van der Waals surface area (Å²) in [5.41, 5.74) is 0.355. The van der Waals surface area contributed by atoms with Gasteiger partial charge in [-0.3, -0.25) is 9.59 Å². The van der Waals surface area contributed by atoms with E-state index in [-0.39, 0.29) is 17.0 Å². The summed E-state index contributed by atoms with van der Waals surface area (Å²) in [7, 11) is 0. The summed E-state index contributed by atoms with van der Waals surface area (Å²) < 4.78 is 13.2. The smallest absolute Gasteiger partial charge is 0.286 e. The number of nitrogens with one attached hydrogen (secondary N) is 2. The Labute approximate surface area is 186 Å². The van der Waals surface area contributed by atoms with Crippen molar-refractivity contribution < 1.29 is 14.0 Å². The SMILES string of the molecule is CC(C)[C@@H](NC(=O)CSCc1nnc(C(=O)Nc2cccc(F)c2)s1)c1cccs1. The van der Waals surface area contributed by atoms with Crippen molar-refractivity contribution in [2.45, 2.75) is 25.6 Å². The summed E-state index contributed by atoms with van der Waals surface area (Å²) >= 11 is 4.20. The number of hydrogen-bond donors (Lipinski definition) is 2. The third-order valence-corrected chi connectivity index (χ3v) is 7.04. The first-order chi connectivity index (χ1) is 14.4. The van der Waals surface area contributed by atoms with Crippen LogP contribution >= 0.6 is 34.4 Å². The van der Waals surface area contributed by atoms with Crippen LogP contribution in [-0.4, -0.2) is 27.8 Å². The quantitative estimate of drug-likeness (QED) is 0.478. The van der Waals surface area contributed by atoms with E-state index in [4.69, 9.17) is 0 Å². The Bertz CT molecular complexity index is 992. The molecule has 3 rings (SSSR count). The molecule has 0 spiro atoms. The van der Waals surface area contributed by atoms with Gasteiger partial charge in [0, 0.05) is 16.3 Å². The van der Waals surface area contributed by atoms with E-state index in [1.165, 1.54) is 30.0 Å². The maximum Gasteiger partial charge on any atom is 0.286 e. The van der Waals surface area contributed by atoms with E-state index >= 15 is 0 Å². The molecule has 10 heteroatoms. The van der Waals surface area contributed by atoms with Gasteiger partial charge in [-0.15, -0.1) is 33.3 Å². The highest BCUT2D eigenvalue weighted by atomic mass is 32.2. The second kappa shape index (κ2) is 10.6. The minimum Gasteiger partial charge on any atom is -0.348 e. The average molecular weight is 465 g/mol. The van der Waals surface area contributed by atoms with Crippen LogP contribution in [0.4, 0.5) is 10.1 Å². The van der Waals surface area contributed by atoms with Gasteiger partial charge in [-0.2, -0.15) is 0 Å². The fourth-order valence-corrected chi connectivity index (χ4v) is 5.20. The molecule has 0 aliphatic carbocycles. The van der Waals surface area contributed by atoms with Crippen molar-refractivity contribution in [1.82, 2.24) is 15.5 Å². The van der Waals surface area contributed by atoms with E-state index in [1.54, 1.807) is 17.4 Å². The lowest BCUT2D eigenvalue weighted by Crippen LogP contribution is -2.32. The number of thioether (sulfide) groups is 1. The largest absolute Gasteiger partial charge is 0.348 e. The van der Waals surface area contributed by atoms with Crippen molar-refractivity contribution in [3.63, 3.8) is 0 Å². The number of carbonyl (C=O) groups is 2. The number of anilines is 1. The molecule has 3 aromatic rings. The maximum absolute atomic E-state index is 13.2. The molecule has 2 heterocycles. The first kappa shape index (κ1) is 22.4. The molecule has 0 saturated carbocycles. The van der Waals surface area contributed by atoms with Crippen LogP contribution in [0.1, 0.15) is 39.6 Å². The van der Waals surface area contributed by atoms with Crippen molar-refractivity contribution in [3.8, 4) is 0 Å². The summed E-state index contributed by atoms with van der Waals surface area (Å²) in [6.45, 7) is 4.16.